The van der Waals surface area contributed by atoms with Crippen molar-refractivity contribution in [1.29, 1.82) is 0 Å². The van der Waals surface area contributed by atoms with Crippen LogP contribution in [0.25, 0.3) is 11.4 Å². The first-order chi connectivity index (χ1) is 15.6. The summed E-state index contributed by atoms with van der Waals surface area (Å²) in [7, 11) is 0. The Hall–Kier alpha value is -3.35. The highest BCUT2D eigenvalue weighted by Gasteiger charge is 2.34. The van der Waals surface area contributed by atoms with Crippen molar-refractivity contribution >= 4 is 5.91 Å². The molecule has 0 radical (unpaired) electrons. The summed E-state index contributed by atoms with van der Waals surface area (Å²) >= 11 is 0. The topological polar surface area (TPSA) is 77.7 Å². The van der Waals surface area contributed by atoms with Gasteiger partial charge in [-0.15, -0.1) is 0 Å². The van der Waals surface area contributed by atoms with Crippen LogP contribution in [0.1, 0.15) is 49.7 Å². The molecule has 168 valence electrons. The van der Waals surface area contributed by atoms with Gasteiger partial charge in [-0.3, -0.25) is 4.79 Å². The fourth-order valence-electron chi connectivity index (χ4n) is 3.99. The summed E-state index contributed by atoms with van der Waals surface area (Å²) in [5.41, 5.74) is 2.96. The van der Waals surface area contributed by atoms with Crippen molar-refractivity contribution in [1.82, 2.24) is 15.0 Å². The number of amides is 1. The Balaban J connectivity index is 1.48. The van der Waals surface area contributed by atoms with Crippen molar-refractivity contribution in [2.45, 2.75) is 46.1 Å². The minimum absolute atomic E-state index is 0.0363. The van der Waals surface area contributed by atoms with Crippen LogP contribution in [0.4, 0.5) is 0 Å². The van der Waals surface area contributed by atoms with E-state index in [0.29, 0.717) is 43.0 Å². The Labute approximate surface area is 188 Å². The molecule has 32 heavy (non-hydrogen) atoms. The number of aromatic nitrogens is 2. The quantitative estimate of drug-likeness (QED) is 0.508. The van der Waals surface area contributed by atoms with Crippen LogP contribution in [0.5, 0.6) is 11.5 Å². The Morgan fingerprint density at radius 2 is 1.84 bits per heavy atom. The van der Waals surface area contributed by atoms with Crippen LogP contribution in [0.3, 0.4) is 0 Å². The molecule has 4 rings (SSSR count). The number of nitrogens with zero attached hydrogens (tertiary/aromatic N) is 3. The number of hydrogen-bond donors (Lipinski definition) is 0. The molecule has 0 aliphatic carbocycles. The Kier molecular flexibility index (Phi) is 6.73. The highest BCUT2D eigenvalue weighted by Crippen LogP contribution is 2.34. The lowest BCUT2D eigenvalue weighted by molar-refractivity contribution is -0.131. The van der Waals surface area contributed by atoms with E-state index in [1.165, 1.54) is 5.56 Å². The molecule has 3 aromatic rings. The van der Waals surface area contributed by atoms with Crippen LogP contribution >= 0.6 is 0 Å². The average Bonchev–Trinajstić information content (AvgIpc) is 3.46. The summed E-state index contributed by atoms with van der Waals surface area (Å²) in [6.07, 6.45) is 2.00. The number of benzene rings is 2. The molecule has 0 saturated carbocycles. The number of rotatable bonds is 8. The molecule has 0 bridgehead atoms. The van der Waals surface area contributed by atoms with Gasteiger partial charge in [0.05, 0.1) is 19.6 Å². The maximum absolute atomic E-state index is 13.2. The maximum Gasteiger partial charge on any atom is 0.249 e. The first-order valence-corrected chi connectivity index (χ1v) is 11.2. The molecule has 1 aliphatic heterocycles. The number of aryl methyl sites for hydroxylation is 1. The molecule has 1 aliphatic rings. The van der Waals surface area contributed by atoms with Crippen molar-refractivity contribution in [3.63, 3.8) is 0 Å². The molecule has 0 N–H and O–H groups in total. The summed E-state index contributed by atoms with van der Waals surface area (Å²) < 4.78 is 16.9. The number of likely N-dealkylation sites (tertiary alicyclic amines) is 1. The van der Waals surface area contributed by atoms with Gasteiger partial charge in [0.1, 0.15) is 6.04 Å². The molecule has 2 heterocycles. The van der Waals surface area contributed by atoms with Gasteiger partial charge in [0.25, 0.3) is 0 Å². The second kappa shape index (κ2) is 9.85. The van der Waals surface area contributed by atoms with Gasteiger partial charge in [-0.2, -0.15) is 4.98 Å². The SMILES string of the molecule is CCOc1ccc(CC(=O)N2CCC[C@H]2c2nc(-c3ccc(C)cc3)no2)cc1OCC. The van der Waals surface area contributed by atoms with Crippen molar-refractivity contribution in [3.05, 3.63) is 59.5 Å². The van der Waals surface area contributed by atoms with Gasteiger partial charge < -0.3 is 18.9 Å². The molecule has 0 spiro atoms. The normalized spacial score (nSPS) is 15.7. The first-order valence-electron chi connectivity index (χ1n) is 11.2. The summed E-state index contributed by atoms with van der Waals surface area (Å²) in [5.74, 6) is 2.44. The Morgan fingerprint density at radius 1 is 1.09 bits per heavy atom. The summed E-state index contributed by atoms with van der Waals surface area (Å²) in [6.45, 7) is 7.67. The van der Waals surface area contributed by atoms with Crippen LogP contribution in [-0.4, -0.2) is 40.7 Å². The lowest BCUT2D eigenvalue weighted by Crippen LogP contribution is -2.32. The van der Waals surface area contributed by atoms with Gasteiger partial charge in [-0.25, -0.2) is 0 Å². The van der Waals surface area contributed by atoms with E-state index in [2.05, 4.69) is 10.1 Å². The minimum atomic E-state index is -0.191. The second-order valence-corrected chi connectivity index (χ2v) is 7.89. The molecule has 1 saturated heterocycles. The minimum Gasteiger partial charge on any atom is -0.490 e. The third-order valence-corrected chi connectivity index (χ3v) is 5.57. The lowest BCUT2D eigenvalue weighted by atomic mass is 10.1. The third-order valence-electron chi connectivity index (χ3n) is 5.57. The van der Waals surface area contributed by atoms with Crippen molar-refractivity contribution in [2.24, 2.45) is 0 Å². The zero-order chi connectivity index (χ0) is 22.5. The van der Waals surface area contributed by atoms with Gasteiger partial charge in [0.2, 0.25) is 17.6 Å². The van der Waals surface area contributed by atoms with Crippen LogP contribution in [-0.2, 0) is 11.2 Å². The smallest absolute Gasteiger partial charge is 0.249 e. The fourth-order valence-corrected chi connectivity index (χ4v) is 3.99. The van der Waals surface area contributed by atoms with Gasteiger partial charge >= 0.3 is 0 Å². The number of ether oxygens (including phenoxy) is 2. The molecule has 1 atom stereocenters. The van der Waals surface area contributed by atoms with Gasteiger partial charge in [0, 0.05) is 12.1 Å². The zero-order valence-electron chi connectivity index (χ0n) is 18.8. The molecular formula is C25H29N3O4. The standard InChI is InChI=1S/C25H29N3O4/c1-4-30-21-13-10-18(15-22(21)31-5-2)16-23(29)28-14-6-7-20(28)25-26-24(27-32-25)19-11-8-17(3)9-12-19/h8-13,15,20H,4-7,14,16H2,1-3H3/t20-/m0/s1. The van der Waals surface area contributed by atoms with E-state index in [1.54, 1.807) is 0 Å². The highest BCUT2D eigenvalue weighted by molar-refractivity contribution is 5.79. The van der Waals surface area contributed by atoms with Gasteiger partial charge in [-0.1, -0.05) is 41.1 Å². The van der Waals surface area contributed by atoms with Crippen LogP contribution in [0.2, 0.25) is 0 Å². The van der Waals surface area contributed by atoms with Crippen molar-refractivity contribution < 1.29 is 18.8 Å². The molecular weight excluding hydrogens is 406 g/mol. The Bertz CT molecular complexity index is 1060. The van der Waals surface area contributed by atoms with E-state index >= 15 is 0 Å². The fraction of sp³-hybridized carbons (Fsp3) is 0.400. The van der Waals surface area contributed by atoms with Crippen molar-refractivity contribution in [2.75, 3.05) is 19.8 Å². The van der Waals surface area contributed by atoms with Crippen LogP contribution in [0.15, 0.2) is 47.0 Å². The number of carbonyl (C=O) groups excluding carboxylic acids is 1. The van der Waals surface area contributed by atoms with E-state index in [9.17, 15) is 4.79 Å². The molecule has 1 amide bonds. The largest absolute Gasteiger partial charge is 0.490 e. The van der Waals surface area contributed by atoms with E-state index in [0.717, 1.165) is 24.0 Å². The second-order valence-electron chi connectivity index (χ2n) is 7.89. The van der Waals surface area contributed by atoms with Crippen molar-refractivity contribution in [3.8, 4) is 22.9 Å². The van der Waals surface area contributed by atoms with E-state index in [1.807, 2.05) is 68.1 Å². The van der Waals surface area contributed by atoms with Crippen LogP contribution < -0.4 is 9.47 Å². The summed E-state index contributed by atoms with van der Waals surface area (Å²) in [6, 6.07) is 13.5. The highest BCUT2D eigenvalue weighted by atomic mass is 16.5. The number of hydrogen-bond acceptors (Lipinski definition) is 6. The van der Waals surface area contributed by atoms with Gasteiger partial charge in [-0.05, 0) is 51.3 Å². The summed E-state index contributed by atoms with van der Waals surface area (Å²) in [4.78, 5) is 19.6. The van der Waals surface area contributed by atoms with E-state index in [4.69, 9.17) is 14.0 Å². The third kappa shape index (κ3) is 4.77. The van der Waals surface area contributed by atoms with E-state index < -0.39 is 0 Å². The molecule has 1 aromatic heterocycles. The predicted octanol–water partition coefficient (Wildman–Crippen LogP) is 4.75. The zero-order valence-corrected chi connectivity index (χ0v) is 18.8. The van der Waals surface area contributed by atoms with Gasteiger partial charge in [0.15, 0.2) is 11.5 Å². The van der Waals surface area contributed by atoms with Crippen LogP contribution in [0, 0.1) is 6.92 Å². The number of carbonyl (C=O) groups is 1. The molecule has 2 aromatic carbocycles. The first kappa shape index (κ1) is 21.9. The monoisotopic (exact) mass is 435 g/mol. The predicted molar refractivity (Wildman–Crippen MR) is 121 cm³/mol. The van der Waals surface area contributed by atoms with E-state index in [-0.39, 0.29) is 18.4 Å². The molecule has 7 nitrogen and oxygen atoms in total. The molecule has 0 unspecified atom stereocenters. The lowest BCUT2D eigenvalue weighted by Gasteiger charge is -2.22. The average molecular weight is 436 g/mol. The summed E-state index contributed by atoms with van der Waals surface area (Å²) in [5, 5.41) is 4.14. The maximum atomic E-state index is 13.2. The molecule has 7 heteroatoms. The Morgan fingerprint density at radius 3 is 2.59 bits per heavy atom. The molecule has 1 fully saturated rings.